The Hall–Kier alpha value is -1.95. The molecule has 0 saturated carbocycles. The molecule has 0 spiro atoms. The minimum atomic E-state index is 0.277. The second-order valence-electron chi connectivity index (χ2n) is 5.76. The van der Waals surface area contributed by atoms with Crippen LogP contribution < -0.4 is 9.80 Å². The summed E-state index contributed by atoms with van der Waals surface area (Å²) in [5.74, 6) is 1.70. The summed E-state index contributed by atoms with van der Waals surface area (Å²) in [6.45, 7) is 7.51. The number of morpholine rings is 1. The molecule has 1 aliphatic heterocycles. The second-order valence-corrected chi connectivity index (χ2v) is 5.76. The molecular weight excluding hydrogens is 278 g/mol. The molecule has 1 atom stereocenters. The van der Waals surface area contributed by atoms with Gasteiger partial charge in [0.2, 0.25) is 5.95 Å². The highest BCUT2D eigenvalue weighted by Gasteiger charge is 2.23. The van der Waals surface area contributed by atoms with Crippen molar-refractivity contribution in [1.29, 1.82) is 0 Å². The zero-order chi connectivity index (χ0) is 15.5. The Balaban J connectivity index is 2.07. The van der Waals surface area contributed by atoms with E-state index in [4.69, 9.17) is 9.72 Å². The molecule has 0 aliphatic carbocycles. The van der Waals surface area contributed by atoms with E-state index in [1.54, 1.807) is 6.20 Å². The smallest absolute Gasteiger partial charge is 0.229 e. The summed E-state index contributed by atoms with van der Waals surface area (Å²) in [5.41, 5.74) is 0.754. The summed E-state index contributed by atoms with van der Waals surface area (Å²) in [4.78, 5) is 18.3. The van der Waals surface area contributed by atoms with E-state index in [1.807, 2.05) is 12.1 Å². The van der Waals surface area contributed by atoms with Crippen LogP contribution >= 0.6 is 0 Å². The molecule has 3 heterocycles. The van der Waals surface area contributed by atoms with Gasteiger partial charge < -0.3 is 14.5 Å². The fourth-order valence-corrected chi connectivity index (χ4v) is 2.82. The van der Waals surface area contributed by atoms with Crippen molar-refractivity contribution in [2.45, 2.75) is 26.3 Å². The number of hydrogen-bond acceptors (Lipinski definition) is 6. The van der Waals surface area contributed by atoms with Crippen molar-refractivity contribution in [3.8, 4) is 0 Å². The van der Waals surface area contributed by atoms with E-state index in [0.29, 0.717) is 13.2 Å². The number of aromatic nitrogens is 3. The molecular formula is C16H23N5O. The predicted molar refractivity (Wildman–Crippen MR) is 88.5 cm³/mol. The third kappa shape index (κ3) is 2.83. The lowest BCUT2D eigenvalue weighted by molar-refractivity contribution is 0.0981. The van der Waals surface area contributed by atoms with E-state index in [2.05, 4.69) is 40.7 Å². The number of hydrogen-bond donors (Lipinski definition) is 0. The first-order valence-electron chi connectivity index (χ1n) is 7.89. The third-order valence-electron chi connectivity index (χ3n) is 3.98. The van der Waals surface area contributed by atoms with Gasteiger partial charge in [0.1, 0.15) is 5.82 Å². The van der Waals surface area contributed by atoms with Crippen molar-refractivity contribution >= 4 is 22.8 Å². The first kappa shape index (κ1) is 15.0. The summed E-state index contributed by atoms with van der Waals surface area (Å²) in [6, 6.07) is 4.25. The third-order valence-corrected chi connectivity index (χ3v) is 3.98. The van der Waals surface area contributed by atoms with Crippen LogP contribution in [-0.4, -0.2) is 54.3 Å². The van der Waals surface area contributed by atoms with Gasteiger partial charge in [0.25, 0.3) is 0 Å². The Morgan fingerprint density at radius 2 is 2.27 bits per heavy atom. The fourth-order valence-electron chi connectivity index (χ4n) is 2.82. The highest BCUT2D eigenvalue weighted by molar-refractivity contribution is 5.87. The predicted octanol–water partition coefficient (Wildman–Crippen LogP) is 2.10. The number of anilines is 2. The summed E-state index contributed by atoms with van der Waals surface area (Å²) < 4.78 is 5.51. The lowest BCUT2D eigenvalue weighted by atomic mass is 10.2. The normalized spacial score (nSPS) is 18.7. The molecule has 6 heteroatoms. The van der Waals surface area contributed by atoms with Gasteiger partial charge in [-0.2, -0.15) is 9.97 Å². The summed E-state index contributed by atoms with van der Waals surface area (Å²) >= 11 is 0. The number of pyridine rings is 1. The van der Waals surface area contributed by atoms with Gasteiger partial charge >= 0.3 is 0 Å². The van der Waals surface area contributed by atoms with E-state index in [1.165, 1.54) is 0 Å². The first-order valence-corrected chi connectivity index (χ1v) is 7.89. The quantitative estimate of drug-likeness (QED) is 0.862. The number of fused-ring (bicyclic) bond motifs is 1. The van der Waals surface area contributed by atoms with Crippen LogP contribution in [0.15, 0.2) is 18.3 Å². The zero-order valence-corrected chi connectivity index (χ0v) is 13.5. The Morgan fingerprint density at radius 3 is 3.05 bits per heavy atom. The molecule has 2 aromatic rings. The van der Waals surface area contributed by atoms with Gasteiger partial charge in [-0.25, -0.2) is 4.98 Å². The van der Waals surface area contributed by atoms with Crippen LogP contribution in [-0.2, 0) is 4.74 Å². The Labute approximate surface area is 131 Å². The van der Waals surface area contributed by atoms with Crippen molar-refractivity contribution in [3.63, 3.8) is 0 Å². The van der Waals surface area contributed by atoms with Gasteiger partial charge in [0, 0.05) is 26.3 Å². The van der Waals surface area contributed by atoms with Gasteiger partial charge in [-0.05, 0) is 25.5 Å². The van der Waals surface area contributed by atoms with Crippen LogP contribution in [0.3, 0.4) is 0 Å². The summed E-state index contributed by atoms with van der Waals surface area (Å²) in [7, 11) is 2.07. The van der Waals surface area contributed by atoms with Crippen LogP contribution in [0.1, 0.15) is 20.3 Å². The second kappa shape index (κ2) is 6.44. The van der Waals surface area contributed by atoms with Gasteiger partial charge in [-0.15, -0.1) is 0 Å². The Kier molecular flexibility index (Phi) is 4.38. The maximum atomic E-state index is 5.51. The Bertz CT molecular complexity index is 647. The van der Waals surface area contributed by atoms with Crippen LogP contribution in [0.5, 0.6) is 0 Å². The van der Waals surface area contributed by atoms with Crippen LogP contribution in [0.2, 0.25) is 0 Å². The minimum absolute atomic E-state index is 0.277. The fraction of sp³-hybridized carbons (Fsp3) is 0.562. The average molecular weight is 301 g/mol. The van der Waals surface area contributed by atoms with Gasteiger partial charge in [-0.1, -0.05) is 6.92 Å². The van der Waals surface area contributed by atoms with Gasteiger partial charge in [0.15, 0.2) is 5.65 Å². The highest BCUT2D eigenvalue weighted by atomic mass is 16.5. The minimum Gasteiger partial charge on any atom is -0.377 e. The van der Waals surface area contributed by atoms with E-state index in [0.717, 1.165) is 42.3 Å². The number of ether oxygens (including phenoxy) is 1. The highest BCUT2D eigenvalue weighted by Crippen LogP contribution is 2.26. The lowest BCUT2D eigenvalue weighted by Crippen LogP contribution is -2.44. The molecule has 0 N–H and O–H groups in total. The van der Waals surface area contributed by atoms with Gasteiger partial charge in [0.05, 0.1) is 24.6 Å². The molecule has 1 aliphatic rings. The number of nitrogens with zero attached hydrogens (tertiary/aromatic N) is 5. The van der Waals surface area contributed by atoms with E-state index in [9.17, 15) is 0 Å². The molecule has 0 aromatic carbocycles. The van der Waals surface area contributed by atoms with Gasteiger partial charge in [-0.3, -0.25) is 0 Å². The van der Waals surface area contributed by atoms with Crippen molar-refractivity contribution in [2.24, 2.45) is 0 Å². The Morgan fingerprint density at radius 1 is 1.41 bits per heavy atom. The molecule has 3 rings (SSSR count). The van der Waals surface area contributed by atoms with Crippen molar-refractivity contribution < 1.29 is 4.74 Å². The molecule has 0 amide bonds. The van der Waals surface area contributed by atoms with Crippen molar-refractivity contribution in [2.75, 3.05) is 43.2 Å². The zero-order valence-electron chi connectivity index (χ0n) is 13.5. The van der Waals surface area contributed by atoms with E-state index < -0.39 is 0 Å². The van der Waals surface area contributed by atoms with E-state index in [-0.39, 0.29) is 6.04 Å². The molecule has 22 heavy (non-hydrogen) atoms. The van der Waals surface area contributed by atoms with Crippen molar-refractivity contribution in [1.82, 2.24) is 15.0 Å². The number of rotatable bonds is 4. The van der Waals surface area contributed by atoms with E-state index >= 15 is 0 Å². The molecule has 2 aromatic heterocycles. The van der Waals surface area contributed by atoms with Crippen molar-refractivity contribution in [3.05, 3.63) is 18.3 Å². The largest absolute Gasteiger partial charge is 0.377 e. The lowest BCUT2D eigenvalue weighted by Gasteiger charge is -2.34. The maximum Gasteiger partial charge on any atom is 0.229 e. The summed E-state index contributed by atoms with van der Waals surface area (Å²) in [5, 5.41) is 1.00. The standard InChI is InChI=1S/C16H23N5O/c1-4-8-20(3)15-13-6-5-7-17-14(13)18-16(19-15)21-9-10-22-11-12(21)2/h5-7,12H,4,8-11H2,1-3H3/t12-/m0/s1. The molecule has 0 unspecified atom stereocenters. The molecule has 6 nitrogen and oxygen atoms in total. The molecule has 1 saturated heterocycles. The van der Waals surface area contributed by atoms with Crippen LogP contribution in [0.4, 0.5) is 11.8 Å². The monoisotopic (exact) mass is 301 g/mol. The molecule has 118 valence electrons. The molecule has 1 fully saturated rings. The topological polar surface area (TPSA) is 54.4 Å². The maximum absolute atomic E-state index is 5.51. The SMILES string of the molecule is CCCN(C)c1nc(N2CCOC[C@@H]2C)nc2ncccc12. The average Bonchev–Trinajstić information content (AvgIpc) is 2.54. The first-order chi connectivity index (χ1) is 10.7. The summed E-state index contributed by atoms with van der Waals surface area (Å²) in [6.07, 6.45) is 2.86. The van der Waals surface area contributed by atoms with Crippen LogP contribution in [0.25, 0.3) is 11.0 Å². The molecule has 0 radical (unpaired) electrons. The van der Waals surface area contributed by atoms with Crippen LogP contribution in [0, 0.1) is 0 Å². The molecule has 0 bridgehead atoms.